The molecule has 0 radical (unpaired) electrons. The summed E-state index contributed by atoms with van der Waals surface area (Å²) >= 11 is 3.39. The van der Waals surface area contributed by atoms with E-state index in [2.05, 4.69) is 21.0 Å². The summed E-state index contributed by atoms with van der Waals surface area (Å²) in [5, 5.41) is 17.1. The Hall–Kier alpha value is -2.25. The number of halogens is 1. The topological polar surface area (TPSA) is 63.2 Å². The zero-order valence-electron chi connectivity index (χ0n) is 12.4. The van der Waals surface area contributed by atoms with Gasteiger partial charge < -0.3 is 15.0 Å². The number of hydrogen-bond acceptors (Lipinski definition) is 4. The lowest BCUT2D eigenvalue weighted by Gasteiger charge is -2.25. The van der Waals surface area contributed by atoms with E-state index < -0.39 is 4.92 Å². The maximum Gasteiger partial charge on any atom is 0.418 e. The number of nitro groups is 1. The molecule has 0 bridgehead atoms. The van der Waals surface area contributed by atoms with Crippen LogP contribution in [0.2, 0.25) is 0 Å². The average Bonchev–Trinajstić information content (AvgIpc) is 2.56. The quantitative estimate of drug-likeness (QED) is 0.658. The lowest BCUT2D eigenvalue weighted by Crippen LogP contribution is -3.14. The predicted molar refractivity (Wildman–Crippen MR) is 91.9 cm³/mol. The fourth-order valence-corrected chi connectivity index (χ4v) is 2.83. The fraction of sp³-hybridized carbons (Fsp3) is 0.188. The Morgan fingerprint density at radius 2 is 1.87 bits per heavy atom. The molecule has 0 spiro atoms. The van der Waals surface area contributed by atoms with Crippen molar-refractivity contribution >= 4 is 27.5 Å². The molecule has 0 amide bonds. The number of amidine groups is 1. The van der Waals surface area contributed by atoms with Crippen molar-refractivity contribution in [2.75, 3.05) is 18.2 Å². The fourth-order valence-electron chi connectivity index (χ4n) is 2.57. The number of benzene rings is 2. The average molecular weight is 376 g/mol. The van der Waals surface area contributed by atoms with Crippen molar-refractivity contribution in [1.82, 2.24) is 0 Å². The Balaban J connectivity index is 1.83. The van der Waals surface area contributed by atoms with Crippen molar-refractivity contribution < 1.29 is 9.82 Å². The molecule has 0 saturated heterocycles. The first kappa shape index (κ1) is 15.6. The summed E-state index contributed by atoms with van der Waals surface area (Å²) in [4.78, 5) is 11.9. The number of hydrazone groups is 1. The molecule has 1 N–H and O–H groups in total. The second-order valence-electron chi connectivity index (χ2n) is 5.40. The van der Waals surface area contributed by atoms with Gasteiger partial charge in [0.15, 0.2) is 13.2 Å². The molecule has 0 aromatic heterocycles. The van der Waals surface area contributed by atoms with Gasteiger partial charge in [-0.25, -0.2) is 0 Å². The van der Waals surface area contributed by atoms with E-state index in [-0.39, 0.29) is 5.84 Å². The molecule has 3 rings (SSSR count). The van der Waals surface area contributed by atoms with Crippen LogP contribution in [0.25, 0.3) is 0 Å². The van der Waals surface area contributed by atoms with Gasteiger partial charge in [0.05, 0.1) is 10.8 Å². The standard InChI is InChI=1S/C16H15BrN4O2/c17-14-6-8-15(9-7-14)20-12-19(11-16(18-20)21(22)23)10-13-4-2-1-3-5-13/h1-9H,10-12H2/p+1. The van der Waals surface area contributed by atoms with Gasteiger partial charge in [-0.3, -0.25) is 0 Å². The molecule has 23 heavy (non-hydrogen) atoms. The minimum Gasteiger partial charge on any atom is -0.358 e. The number of hydrogen-bond donors (Lipinski definition) is 1. The van der Waals surface area contributed by atoms with Crippen LogP contribution in [0.15, 0.2) is 64.2 Å². The number of nitrogens with zero attached hydrogens (tertiary/aromatic N) is 3. The van der Waals surface area contributed by atoms with E-state index in [4.69, 9.17) is 0 Å². The first-order valence-electron chi connectivity index (χ1n) is 7.24. The molecule has 7 heteroatoms. The van der Waals surface area contributed by atoms with Crippen LogP contribution in [0.3, 0.4) is 0 Å². The molecular formula is C16H16BrN4O2+. The lowest BCUT2D eigenvalue weighted by molar-refractivity contribution is -0.908. The lowest BCUT2D eigenvalue weighted by atomic mass is 10.2. The summed E-state index contributed by atoms with van der Waals surface area (Å²) in [5.41, 5.74) is 2.00. The highest BCUT2D eigenvalue weighted by atomic mass is 79.9. The molecular weight excluding hydrogens is 360 g/mol. The second kappa shape index (κ2) is 6.89. The molecule has 1 heterocycles. The number of anilines is 1. The maximum absolute atomic E-state index is 11.2. The van der Waals surface area contributed by atoms with Crippen LogP contribution in [-0.4, -0.2) is 24.0 Å². The summed E-state index contributed by atoms with van der Waals surface area (Å²) in [6, 6.07) is 17.6. The third-order valence-corrected chi connectivity index (χ3v) is 4.18. The van der Waals surface area contributed by atoms with E-state index in [0.717, 1.165) is 27.2 Å². The first-order valence-corrected chi connectivity index (χ1v) is 8.03. The van der Waals surface area contributed by atoms with Crippen molar-refractivity contribution in [3.63, 3.8) is 0 Å². The third-order valence-electron chi connectivity index (χ3n) is 3.65. The number of nitrogens with one attached hydrogen (secondary N) is 1. The van der Waals surface area contributed by atoms with Crippen molar-refractivity contribution in [2.24, 2.45) is 5.10 Å². The molecule has 0 aliphatic carbocycles. The maximum atomic E-state index is 11.2. The molecule has 0 saturated carbocycles. The van der Waals surface area contributed by atoms with Crippen LogP contribution in [0.5, 0.6) is 0 Å². The summed E-state index contributed by atoms with van der Waals surface area (Å²) in [7, 11) is 0. The van der Waals surface area contributed by atoms with E-state index in [9.17, 15) is 10.1 Å². The molecule has 0 fully saturated rings. The first-order chi connectivity index (χ1) is 11.1. The normalized spacial score (nSPS) is 17.7. The van der Waals surface area contributed by atoms with Gasteiger partial charge in [-0.15, -0.1) is 5.01 Å². The van der Waals surface area contributed by atoms with Gasteiger partial charge in [-0.05, 0) is 29.2 Å². The van der Waals surface area contributed by atoms with Crippen molar-refractivity contribution in [3.8, 4) is 0 Å². The van der Waals surface area contributed by atoms with Crippen LogP contribution in [0, 0.1) is 10.1 Å². The van der Waals surface area contributed by atoms with Gasteiger partial charge in [0.2, 0.25) is 0 Å². The van der Waals surface area contributed by atoms with Gasteiger partial charge in [-0.2, -0.15) is 0 Å². The van der Waals surface area contributed by atoms with E-state index in [1.54, 1.807) is 5.01 Å². The Labute approximate surface area is 142 Å². The van der Waals surface area contributed by atoms with Crippen molar-refractivity contribution in [1.29, 1.82) is 0 Å². The molecule has 118 valence electrons. The van der Waals surface area contributed by atoms with Gasteiger partial charge in [-0.1, -0.05) is 46.3 Å². The minimum atomic E-state index is -0.393. The predicted octanol–water partition coefficient (Wildman–Crippen LogP) is 1.90. The molecule has 2 aromatic rings. The second-order valence-corrected chi connectivity index (χ2v) is 6.31. The minimum absolute atomic E-state index is 0.00917. The van der Waals surface area contributed by atoms with Crippen LogP contribution in [0.4, 0.5) is 5.69 Å². The van der Waals surface area contributed by atoms with Gasteiger partial charge in [0.1, 0.15) is 6.54 Å². The molecule has 6 nitrogen and oxygen atoms in total. The van der Waals surface area contributed by atoms with E-state index in [0.29, 0.717) is 13.2 Å². The molecule has 1 unspecified atom stereocenters. The van der Waals surface area contributed by atoms with Gasteiger partial charge in [0.25, 0.3) is 0 Å². The third kappa shape index (κ3) is 3.94. The molecule has 1 aliphatic heterocycles. The monoisotopic (exact) mass is 375 g/mol. The largest absolute Gasteiger partial charge is 0.418 e. The Morgan fingerprint density at radius 1 is 1.17 bits per heavy atom. The molecule has 1 atom stereocenters. The zero-order chi connectivity index (χ0) is 16.2. The highest BCUT2D eigenvalue weighted by Gasteiger charge is 2.32. The van der Waals surface area contributed by atoms with Crippen LogP contribution < -0.4 is 9.91 Å². The highest BCUT2D eigenvalue weighted by molar-refractivity contribution is 9.10. The summed E-state index contributed by atoms with van der Waals surface area (Å²) in [6.45, 7) is 1.63. The molecule has 1 aliphatic rings. The van der Waals surface area contributed by atoms with Crippen LogP contribution in [-0.2, 0) is 6.54 Å². The summed E-state index contributed by atoms with van der Waals surface area (Å²) in [5.74, 6) is -0.00917. The van der Waals surface area contributed by atoms with Crippen molar-refractivity contribution in [2.45, 2.75) is 6.54 Å². The number of rotatable bonds is 3. The Kier molecular flexibility index (Phi) is 4.68. The number of quaternary nitrogens is 1. The summed E-state index contributed by atoms with van der Waals surface area (Å²) in [6.07, 6.45) is 0. The SMILES string of the molecule is O=[N+]([O-])C1=NN(c2ccc(Br)cc2)C[NH+](Cc2ccccc2)C1. The zero-order valence-corrected chi connectivity index (χ0v) is 13.9. The van der Waals surface area contributed by atoms with E-state index >= 15 is 0 Å². The van der Waals surface area contributed by atoms with Crippen molar-refractivity contribution in [3.05, 3.63) is 74.7 Å². The van der Waals surface area contributed by atoms with E-state index in [1.165, 1.54) is 0 Å². The summed E-state index contributed by atoms with van der Waals surface area (Å²) < 4.78 is 0.963. The highest BCUT2D eigenvalue weighted by Crippen LogP contribution is 2.18. The van der Waals surface area contributed by atoms with E-state index in [1.807, 2.05) is 54.6 Å². The smallest absolute Gasteiger partial charge is 0.358 e. The van der Waals surface area contributed by atoms with Gasteiger partial charge in [0, 0.05) is 10.0 Å². The van der Waals surface area contributed by atoms with Crippen LogP contribution >= 0.6 is 15.9 Å². The van der Waals surface area contributed by atoms with Gasteiger partial charge >= 0.3 is 5.84 Å². The Morgan fingerprint density at radius 3 is 2.52 bits per heavy atom. The molecule has 2 aromatic carbocycles. The van der Waals surface area contributed by atoms with Crippen LogP contribution in [0.1, 0.15) is 5.56 Å². The Bertz CT molecular complexity index is 719.